The molecular weight excluding hydrogens is 304 g/mol. The summed E-state index contributed by atoms with van der Waals surface area (Å²) in [6.45, 7) is 5.94. The van der Waals surface area contributed by atoms with Gasteiger partial charge in [0.2, 0.25) is 10.1 Å². The molecule has 2 aromatic heterocycles. The summed E-state index contributed by atoms with van der Waals surface area (Å²) in [5.41, 5.74) is 0.494. The lowest BCUT2D eigenvalue weighted by atomic mass is 10.0. The fraction of sp³-hybridized carbons (Fsp3) is 0.571. The van der Waals surface area contributed by atoms with Crippen molar-refractivity contribution in [2.24, 2.45) is 5.92 Å². The molecule has 0 aliphatic heterocycles. The fourth-order valence-electron chi connectivity index (χ4n) is 2.14. The van der Waals surface area contributed by atoms with Gasteiger partial charge in [0.1, 0.15) is 6.04 Å². The van der Waals surface area contributed by atoms with Crippen LogP contribution in [0.15, 0.2) is 10.9 Å². The SMILES string of the molecule is CCCc1cc(=O)n2nc(NC(CC(C)C)C(=O)O)sc2n1. The lowest BCUT2D eigenvalue weighted by Gasteiger charge is -2.14. The van der Waals surface area contributed by atoms with E-state index < -0.39 is 12.0 Å². The van der Waals surface area contributed by atoms with Gasteiger partial charge >= 0.3 is 5.97 Å². The van der Waals surface area contributed by atoms with Crippen LogP contribution in [-0.2, 0) is 11.2 Å². The number of carbonyl (C=O) groups is 1. The van der Waals surface area contributed by atoms with Crippen molar-refractivity contribution in [3.8, 4) is 0 Å². The van der Waals surface area contributed by atoms with E-state index in [0.29, 0.717) is 16.5 Å². The monoisotopic (exact) mass is 324 g/mol. The number of nitrogens with one attached hydrogen (secondary N) is 1. The van der Waals surface area contributed by atoms with Gasteiger partial charge in [0.25, 0.3) is 5.56 Å². The van der Waals surface area contributed by atoms with Gasteiger partial charge in [-0.25, -0.2) is 9.78 Å². The maximum absolute atomic E-state index is 12.0. The van der Waals surface area contributed by atoms with Crippen LogP contribution in [0.2, 0.25) is 0 Å². The zero-order chi connectivity index (χ0) is 16.3. The number of aliphatic carboxylic acids is 1. The molecule has 0 saturated carbocycles. The summed E-state index contributed by atoms with van der Waals surface area (Å²) in [5, 5.41) is 16.7. The molecule has 22 heavy (non-hydrogen) atoms. The third-order valence-corrected chi connectivity index (χ3v) is 3.95. The summed E-state index contributed by atoms with van der Waals surface area (Å²) in [6, 6.07) is 0.745. The molecule has 0 aromatic carbocycles. The Morgan fingerprint density at radius 3 is 2.82 bits per heavy atom. The maximum atomic E-state index is 12.0. The number of fused-ring (bicyclic) bond motifs is 1. The molecule has 1 unspecified atom stereocenters. The molecule has 0 aliphatic carbocycles. The summed E-state index contributed by atoms with van der Waals surface area (Å²) < 4.78 is 1.21. The molecule has 2 rings (SSSR count). The number of anilines is 1. The molecule has 0 bridgehead atoms. The highest BCUT2D eigenvalue weighted by Gasteiger charge is 2.20. The number of aryl methyl sites for hydroxylation is 1. The largest absolute Gasteiger partial charge is 0.480 e. The molecule has 1 atom stereocenters. The molecule has 2 heterocycles. The van der Waals surface area contributed by atoms with Crippen molar-refractivity contribution < 1.29 is 9.90 Å². The number of carboxylic acid groups (broad SMARTS) is 1. The van der Waals surface area contributed by atoms with E-state index in [-0.39, 0.29) is 11.5 Å². The van der Waals surface area contributed by atoms with E-state index in [2.05, 4.69) is 15.4 Å². The van der Waals surface area contributed by atoms with Gasteiger partial charge in [-0.15, -0.1) is 5.10 Å². The van der Waals surface area contributed by atoms with E-state index in [4.69, 9.17) is 0 Å². The molecule has 7 nitrogen and oxygen atoms in total. The van der Waals surface area contributed by atoms with E-state index in [9.17, 15) is 14.7 Å². The van der Waals surface area contributed by atoms with Gasteiger partial charge in [-0.1, -0.05) is 38.5 Å². The molecule has 0 spiro atoms. The molecule has 120 valence electrons. The number of rotatable bonds is 7. The van der Waals surface area contributed by atoms with E-state index >= 15 is 0 Å². The van der Waals surface area contributed by atoms with Crippen LogP contribution in [0.4, 0.5) is 5.13 Å². The molecule has 2 aromatic rings. The highest BCUT2D eigenvalue weighted by atomic mass is 32.1. The molecule has 2 N–H and O–H groups in total. The van der Waals surface area contributed by atoms with Crippen molar-refractivity contribution in [2.45, 2.75) is 46.1 Å². The molecule has 0 radical (unpaired) electrons. The van der Waals surface area contributed by atoms with Gasteiger partial charge < -0.3 is 10.4 Å². The van der Waals surface area contributed by atoms with E-state index in [1.54, 1.807) is 0 Å². The van der Waals surface area contributed by atoms with Crippen LogP contribution in [0, 0.1) is 5.92 Å². The molecule has 0 saturated heterocycles. The number of carboxylic acids is 1. The molecule has 0 aliphatic rings. The van der Waals surface area contributed by atoms with Gasteiger partial charge in [0, 0.05) is 11.8 Å². The van der Waals surface area contributed by atoms with Crippen LogP contribution >= 0.6 is 11.3 Å². The zero-order valence-electron chi connectivity index (χ0n) is 12.9. The normalized spacial score (nSPS) is 12.7. The Hall–Kier alpha value is -1.96. The van der Waals surface area contributed by atoms with Crippen LogP contribution in [0.5, 0.6) is 0 Å². The highest BCUT2D eigenvalue weighted by Crippen LogP contribution is 2.19. The van der Waals surface area contributed by atoms with E-state index in [1.165, 1.54) is 21.9 Å². The van der Waals surface area contributed by atoms with Gasteiger partial charge in [-0.2, -0.15) is 4.52 Å². The van der Waals surface area contributed by atoms with Crippen LogP contribution in [0.3, 0.4) is 0 Å². The molecule has 8 heteroatoms. The average Bonchev–Trinajstić information content (AvgIpc) is 2.81. The molecule has 0 amide bonds. The minimum Gasteiger partial charge on any atom is -0.480 e. The first-order chi connectivity index (χ1) is 10.4. The van der Waals surface area contributed by atoms with Gasteiger partial charge in [0.05, 0.1) is 0 Å². The van der Waals surface area contributed by atoms with Crippen LogP contribution in [0.1, 0.15) is 39.3 Å². The summed E-state index contributed by atoms with van der Waals surface area (Å²) in [6.07, 6.45) is 2.12. The van der Waals surface area contributed by atoms with Crippen LogP contribution < -0.4 is 10.9 Å². The van der Waals surface area contributed by atoms with Gasteiger partial charge in [0.15, 0.2) is 0 Å². The lowest BCUT2D eigenvalue weighted by molar-refractivity contribution is -0.138. The lowest BCUT2D eigenvalue weighted by Crippen LogP contribution is -2.30. The van der Waals surface area contributed by atoms with E-state index in [0.717, 1.165) is 18.5 Å². The van der Waals surface area contributed by atoms with Gasteiger partial charge in [-0.05, 0) is 18.8 Å². The standard InChI is InChI=1S/C14H20N4O3S/c1-4-5-9-7-11(19)18-14(15-9)22-13(17-18)16-10(12(20)21)6-8(2)3/h7-8,10H,4-6H2,1-3H3,(H,16,17)(H,20,21). The van der Waals surface area contributed by atoms with Crippen molar-refractivity contribution in [2.75, 3.05) is 5.32 Å². The Morgan fingerprint density at radius 1 is 1.50 bits per heavy atom. The van der Waals surface area contributed by atoms with E-state index in [1.807, 2.05) is 20.8 Å². The Bertz CT molecular complexity index is 722. The minimum atomic E-state index is -0.931. The summed E-state index contributed by atoms with van der Waals surface area (Å²) in [4.78, 5) is 28.2. The Labute approximate surface area is 132 Å². The summed E-state index contributed by atoms with van der Waals surface area (Å²) in [5.74, 6) is -0.695. The van der Waals surface area contributed by atoms with Crippen molar-refractivity contribution in [1.29, 1.82) is 0 Å². The first kappa shape index (κ1) is 16.4. The predicted octanol–water partition coefficient (Wildman–Crippen LogP) is 2.01. The number of hydrogen-bond acceptors (Lipinski definition) is 6. The average molecular weight is 324 g/mol. The fourth-order valence-corrected chi connectivity index (χ4v) is 3.02. The first-order valence-corrected chi connectivity index (χ1v) is 8.11. The van der Waals surface area contributed by atoms with Crippen LogP contribution in [-0.4, -0.2) is 31.7 Å². The Balaban J connectivity index is 2.30. The van der Waals surface area contributed by atoms with Crippen molar-refractivity contribution in [3.05, 3.63) is 22.1 Å². The predicted molar refractivity (Wildman–Crippen MR) is 85.6 cm³/mol. The summed E-state index contributed by atoms with van der Waals surface area (Å²) >= 11 is 1.19. The molecule has 0 fully saturated rings. The third kappa shape index (κ3) is 3.82. The maximum Gasteiger partial charge on any atom is 0.326 e. The smallest absolute Gasteiger partial charge is 0.326 e. The van der Waals surface area contributed by atoms with Crippen LogP contribution in [0.25, 0.3) is 4.96 Å². The number of aromatic nitrogens is 3. The molecular formula is C14H20N4O3S. The topological polar surface area (TPSA) is 96.6 Å². The second-order valence-electron chi connectivity index (χ2n) is 5.60. The van der Waals surface area contributed by atoms with Crippen molar-refractivity contribution in [3.63, 3.8) is 0 Å². The minimum absolute atomic E-state index is 0.236. The number of nitrogens with zero attached hydrogens (tertiary/aromatic N) is 3. The Kier molecular flexibility index (Phi) is 5.12. The van der Waals surface area contributed by atoms with Gasteiger partial charge in [-0.3, -0.25) is 4.79 Å². The highest BCUT2D eigenvalue weighted by molar-refractivity contribution is 7.20. The van der Waals surface area contributed by atoms with Crippen molar-refractivity contribution >= 4 is 27.4 Å². The zero-order valence-corrected chi connectivity index (χ0v) is 13.7. The van der Waals surface area contributed by atoms with Crippen molar-refractivity contribution in [1.82, 2.24) is 14.6 Å². The second-order valence-corrected chi connectivity index (χ2v) is 6.56. The third-order valence-electron chi connectivity index (χ3n) is 3.11. The quantitative estimate of drug-likeness (QED) is 0.809. The first-order valence-electron chi connectivity index (χ1n) is 7.29. The second kappa shape index (κ2) is 6.87. The number of hydrogen-bond donors (Lipinski definition) is 2. The summed E-state index contributed by atoms with van der Waals surface area (Å²) in [7, 11) is 0. The Morgan fingerprint density at radius 2 is 2.23 bits per heavy atom.